The molecule has 8 unspecified atom stereocenters. The molecular weight excluding hydrogens is 837 g/mol. The van der Waals surface area contributed by atoms with Crippen LogP contribution in [-0.2, 0) is 0 Å². The Morgan fingerprint density at radius 1 is 0.288 bits per heavy atom. The molecule has 0 spiro atoms. The maximum absolute atomic E-state index is 10.8. The summed E-state index contributed by atoms with van der Waals surface area (Å²) in [5, 5.41) is 101. The van der Waals surface area contributed by atoms with E-state index in [1.807, 2.05) is 0 Å². The summed E-state index contributed by atoms with van der Waals surface area (Å²) in [5.74, 6) is 0. The van der Waals surface area contributed by atoms with Gasteiger partial charge >= 0.3 is 0 Å². The summed E-state index contributed by atoms with van der Waals surface area (Å²) >= 11 is 0. The molecule has 0 aromatic carbocycles. The van der Waals surface area contributed by atoms with Gasteiger partial charge in [0.15, 0.2) is 0 Å². The fourth-order valence-electron chi connectivity index (χ4n) is 8.65. The molecule has 12 nitrogen and oxygen atoms in total. The molecule has 0 rings (SSSR count). The largest absolute Gasteiger partial charge is 0.394 e. The topological polar surface area (TPSA) is 209 Å². The van der Waals surface area contributed by atoms with Crippen molar-refractivity contribution in [2.45, 2.75) is 268 Å². The normalized spacial score (nSPS) is 16.2. The Morgan fingerprint density at radius 3 is 0.742 bits per heavy atom. The van der Waals surface area contributed by atoms with Crippen LogP contribution >= 0.6 is 0 Å². The number of rotatable bonds is 51. The zero-order chi connectivity index (χ0) is 48.9. The van der Waals surface area contributed by atoms with Crippen molar-refractivity contribution in [2.75, 3.05) is 52.5 Å². The summed E-state index contributed by atoms with van der Waals surface area (Å²) < 4.78 is 0. The van der Waals surface area contributed by atoms with Crippen LogP contribution in [0.1, 0.15) is 219 Å². The van der Waals surface area contributed by atoms with Crippen LogP contribution in [0, 0.1) is 0 Å². The highest BCUT2D eigenvalue weighted by Gasteiger charge is 2.32. The van der Waals surface area contributed by atoms with Gasteiger partial charge in [-0.15, -0.1) is 0 Å². The third kappa shape index (κ3) is 37.8. The predicted octanol–water partition coefficient (Wildman–Crippen LogP) is 8.10. The van der Waals surface area contributed by atoms with Gasteiger partial charge in [0.1, 0.15) is 36.6 Å². The number of hydrogen-bond donors (Lipinski definition) is 10. The molecule has 8 atom stereocenters. The minimum atomic E-state index is -1.65. The zero-order valence-corrected chi connectivity index (χ0v) is 42.6. The molecule has 0 saturated carbocycles. The standard InChI is InChI=1S/C54H108N2O10/c1-3-5-7-9-11-13-15-17-19-21-23-25-27-29-31-35-39-55(43-47(59)51(63)53(65)49(61)45-57)41-37-33-34-38-42-56(44-48(60)52(64)54(66)50(62)46-58)40-36-32-30-28-26-24-22-20-18-16-14-12-10-8-6-4-2/h17-20,47-54,57-66H,3-16,21-46H2,1-2H3/b19-17+,20-18+. The minimum Gasteiger partial charge on any atom is -0.394 e. The summed E-state index contributed by atoms with van der Waals surface area (Å²) in [7, 11) is 0. The number of aliphatic hydroxyl groups is 10. The van der Waals surface area contributed by atoms with Gasteiger partial charge in [0, 0.05) is 13.1 Å². The lowest BCUT2D eigenvalue weighted by Crippen LogP contribution is -2.50. The molecule has 10 N–H and O–H groups in total. The van der Waals surface area contributed by atoms with Gasteiger partial charge in [-0.2, -0.15) is 0 Å². The summed E-state index contributed by atoms with van der Waals surface area (Å²) in [6, 6.07) is 0. The Morgan fingerprint density at radius 2 is 0.500 bits per heavy atom. The van der Waals surface area contributed by atoms with Crippen molar-refractivity contribution in [1.29, 1.82) is 0 Å². The summed E-state index contributed by atoms with van der Waals surface area (Å²) in [5.41, 5.74) is 0. The first-order chi connectivity index (χ1) is 32.0. The number of hydrogen-bond acceptors (Lipinski definition) is 12. The second-order valence-corrected chi connectivity index (χ2v) is 19.5. The first-order valence-corrected chi connectivity index (χ1v) is 27.4. The first-order valence-electron chi connectivity index (χ1n) is 27.4. The highest BCUT2D eigenvalue weighted by atomic mass is 16.4. The maximum Gasteiger partial charge on any atom is 0.111 e. The van der Waals surface area contributed by atoms with Crippen molar-refractivity contribution in [1.82, 2.24) is 9.80 Å². The smallest absolute Gasteiger partial charge is 0.111 e. The van der Waals surface area contributed by atoms with E-state index in [1.54, 1.807) is 0 Å². The van der Waals surface area contributed by atoms with E-state index < -0.39 is 62.0 Å². The van der Waals surface area contributed by atoms with E-state index in [2.05, 4.69) is 48.0 Å². The third-order valence-corrected chi connectivity index (χ3v) is 13.2. The number of aliphatic hydroxyl groups excluding tert-OH is 10. The van der Waals surface area contributed by atoms with Gasteiger partial charge in [-0.3, -0.25) is 0 Å². The second kappa shape index (κ2) is 47.7. The Kier molecular flexibility index (Phi) is 46.9. The molecule has 0 bridgehead atoms. The van der Waals surface area contributed by atoms with E-state index in [-0.39, 0.29) is 13.1 Å². The highest BCUT2D eigenvalue weighted by Crippen LogP contribution is 2.16. The van der Waals surface area contributed by atoms with E-state index in [0.717, 1.165) is 90.1 Å². The Hall–Kier alpha value is -1.00. The molecule has 12 heteroatoms. The zero-order valence-electron chi connectivity index (χ0n) is 42.6. The average Bonchev–Trinajstić information content (AvgIpc) is 3.32. The summed E-state index contributed by atoms with van der Waals surface area (Å²) in [6.07, 6.45) is 35.0. The van der Waals surface area contributed by atoms with Gasteiger partial charge in [0.25, 0.3) is 0 Å². The molecule has 0 aliphatic rings. The van der Waals surface area contributed by atoms with Crippen molar-refractivity contribution in [3.8, 4) is 0 Å². The molecule has 66 heavy (non-hydrogen) atoms. The Bertz CT molecular complexity index is 976. The molecule has 0 heterocycles. The van der Waals surface area contributed by atoms with Crippen LogP contribution in [0.3, 0.4) is 0 Å². The third-order valence-electron chi connectivity index (χ3n) is 13.2. The van der Waals surface area contributed by atoms with Crippen LogP contribution in [-0.4, -0.2) is 162 Å². The fraction of sp³-hybridized carbons (Fsp3) is 0.926. The van der Waals surface area contributed by atoms with E-state index in [0.29, 0.717) is 13.1 Å². The van der Waals surface area contributed by atoms with Crippen LogP contribution < -0.4 is 0 Å². The van der Waals surface area contributed by atoms with Crippen molar-refractivity contribution >= 4 is 0 Å². The fourth-order valence-corrected chi connectivity index (χ4v) is 8.65. The molecule has 0 radical (unpaired) electrons. The molecule has 0 aromatic heterocycles. The van der Waals surface area contributed by atoms with Crippen LogP contribution in [0.4, 0.5) is 0 Å². The van der Waals surface area contributed by atoms with Crippen LogP contribution in [0.2, 0.25) is 0 Å². The van der Waals surface area contributed by atoms with Gasteiger partial charge in [-0.05, 0) is 103 Å². The van der Waals surface area contributed by atoms with E-state index in [9.17, 15) is 51.1 Å². The van der Waals surface area contributed by atoms with Crippen LogP contribution in [0.15, 0.2) is 24.3 Å². The average molecular weight is 945 g/mol. The van der Waals surface area contributed by atoms with Gasteiger partial charge in [0.05, 0.1) is 25.4 Å². The lowest BCUT2D eigenvalue weighted by Gasteiger charge is -2.31. The molecule has 0 fully saturated rings. The van der Waals surface area contributed by atoms with E-state index in [1.165, 1.54) is 128 Å². The lowest BCUT2D eigenvalue weighted by molar-refractivity contribution is -0.119. The Balaban J connectivity index is 4.86. The monoisotopic (exact) mass is 945 g/mol. The lowest BCUT2D eigenvalue weighted by atomic mass is 10.0. The van der Waals surface area contributed by atoms with Gasteiger partial charge in [-0.25, -0.2) is 0 Å². The van der Waals surface area contributed by atoms with Gasteiger partial charge in [0.2, 0.25) is 0 Å². The van der Waals surface area contributed by atoms with Crippen LogP contribution in [0.5, 0.6) is 0 Å². The molecule has 0 amide bonds. The molecule has 394 valence electrons. The molecule has 0 aromatic rings. The van der Waals surface area contributed by atoms with Crippen molar-refractivity contribution < 1.29 is 51.1 Å². The first kappa shape index (κ1) is 65.0. The van der Waals surface area contributed by atoms with Gasteiger partial charge in [-0.1, -0.05) is 167 Å². The van der Waals surface area contributed by atoms with Crippen molar-refractivity contribution in [3.63, 3.8) is 0 Å². The maximum atomic E-state index is 10.8. The number of allylic oxidation sites excluding steroid dienone is 4. The summed E-state index contributed by atoms with van der Waals surface area (Å²) in [6.45, 7) is 6.23. The SMILES string of the molecule is CCCCCCCC/C=C/CCCCCCCCN(CCCCCCN(CCCCCCCC/C=C/CCCCCCCC)CC(O)C(O)C(O)C(O)CO)CC(O)C(O)C(O)C(O)CO. The minimum absolute atomic E-state index is 0.141. The van der Waals surface area contributed by atoms with E-state index >= 15 is 0 Å². The summed E-state index contributed by atoms with van der Waals surface area (Å²) in [4.78, 5) is 4.23. The molecule has 0 saturated heterocycles. The molecular formula is C54H108N2O10. The van der Waals surface area contributed by atoms with Crippen molar-refractivity contribution in [3.05, 3.63) is 24.3 Å². The second-order valence-electron chi connectivity index (χ2n) is 19.5. The molecule has 0 aliphatic heterocycles. The van der Waals surface area contributed by atoms with E-state index in [4.69, 9.17) is 0 Å². The van der Waals surface area contributed by atoms with Gasteiger partial charge < -0.3 is 60.9 Å². The van der Waals surface area contributed by atoms with Crippen LogP contribution in [0.25, 0.3) is 0 Å². The number of nitrogens with zero attached hydrogens (tertiary/aromatic N) is 2. The molecule has 0 aliphatic carbocycles. The number of unbranched alkanes of at least 4 members (excludes halogenated alkanes) is 27. The highest BCUT2D eigenvalue weighted by molar-refractivity contribution is 4.85. The quantitative estimate of drug-likeness (QED) is 0.0207. The Labute approximate surface area is 404 Å². The van der Waals surface area contributed by atoms with Crippen molar-refractivity contribution in [2.24, 2.45) is 0 Å². The predicted molar refractivity (Wildman–Crippen MR) is 272 cm³/mol.